The van der Waals surface area contributed by atoms with Gasteiger partial charge in [-0.15, -0.1) is 0 Å². The summed E-state index contributed by atoms with van der Waals surface area (Å²) in [5, 5.41) is 4.60. The monoisotopic (exact) mass is 317 g/mol. The van der Waals surface area contributed by atoms with Crippen molar-refractivity contribution >= 4 is 33.4 Å². The Morgan fingerprint density at radius 1 is 1.41 bits per heavy atom. The molecule has 1 atom stereocenters. The molecular weight excluding hydrogens is 302 g/mol. The van der Waals surface area contributed by atoms with Crippen molar-refractivity contribution in [3.05, 3.63) is 34.9 Å². The molecule has 2 nitrogen and oxygen atoms in total. The number of rotatable bonds is 6. The summed E-state index contributed by atoms with van der Waals surface area (Å²) in [6.45, 7) is 1.95. The van der Waals surface area contributed by atoms with Crippen molar-refractivity contribution in [1.82, 2.24) is 5.32 Å². The number of carbonyl (C=O) groups is 1. The Bertz CT molecular complexity index is 370. The first-order chi connectivity index (χ1) is 8.15. The van der Waals surface area contributed by atoms with Gasteiger partial charge in [0.15, 0.2) is 0 Å². The van der Waals surface area contributed by atoms with Gasteiger partial charge in [-0.25, -0.2) is 0 Å². The zero-order chi connectivity index (χ0) is 12.7. The van der Waals surface area contributed by atoms with Crippen molar-refractivity contribution in [2.24, 2.45) is 0 Å². The van der Waals surface area contributed by atoms with Crippen molar-refractivity contribution in [2.75, 3.05) is 5.33 Å². The molecule has 0 unspecified atom stereocenters. The van der Waals surface area contributed by atoms with Crippen LogP contribution in [0.25, 0.3) is 0 Å². The molecule has 0 fully saturated rings. The highest BCUT2D eigenvalue weighted by molar-refractivity contribution is 9.09. The van der Waals surface area contributed by atoms with Gasteiger partial charge in [0.25, 0.3) is 0 Å². The molecule has 94 valence electrons. The summed E-state index contributed by atoms with van der Waals surface area (Å²) in [5.74, 6) is 0.0818. The van der Waals surface area contributed by atoms with E-state index in [2.05, 4.69) is 21.2 Å². The molecule has 17 heavy (non-hydrogen) atoms. The quantitative estimate of drug-likeness (QED) is 0.621. The van der Waals surface area contributed by atoms with E-state index in [0.717, 1.165) is 23.7 Å². The second-order valence-electron chi connectivity index (χ2n) is 3.96. The first kappa shape index (κ1) is 14.5. The highest BCUT2D eigenvalue weighted by atomic mass is 79.9. The van der Waals surface area contributed by atoms with Crippen LogP contribution in [0.2, 0.25) is 5.02 Å². The van der Waals surface area contributed by atoms with Gasteiger partial charge >= 0.3 is 0 Å². The number of alkyl halides is 1. The maximum Gasteiger partial charge on any atom is 0.220 e. The lowest BCUT2D eigenvalue weighted by Crippen LogP contribution is -2.26. The largest absolute Gasteiger partial charge is 0.350 e. The number of amides is 1. The van der Waals surface area contributed by atoms with Crippen LogP contribution in [0, 0.1) is 0 Å². The van der Waals surface area contributed by atoms with Gasteiger partial charge < -0.3 is 5.32 Å². The molecule has 0 heterocycles. The molecule has 1 aromatic rings. The molecule has 0 radical (unpaired) electrons. The third-order valence-electron chi connectivity index (χ3n) is 2.54. The average molecular weight is 319 g/mol. The van der Waals surface area contributed by atoms with Crippen molar-refractivity contribution in [2.45, 2.75) is 32.2 Å². The van der Waals surface area contributed by atoms with Crippen LogP contribution in [0.15, 0.2) is 24.3 Å². The molecular formula is C13H17BrClNO. The third-order valence-corrected chi connectivity index (χ3v) is 3.44. The predicted octanol–water partition coefficient (Wildman–Crippen LogP) is 4.08. The molecule has 0 aliphatic carbocycles. The lowest BCUT2D eigenvalue weighted by molar-refractivity contribution is -0.121. The number of benzene rings is 1. The summed E-state index contributed by atoms with van der Waals surface area (Å²) in [7, 11) is 0. The van der Waals surface area contributed by atoms with Crippen LogP contribution in [0.3, 0.4) is 0 Å². The van der Waals surface area contributed by atoms with Crippen molar-refractivity contribution in [3.63, 3.8) is 0 Å². The molecule has 0 bridgehead atoms. The lowest BCUT2D eigenvalue weighted by atomic mass is 10.1. The minimum Gasteiger partial charge on any atom is -0.350 e. The summed E-state index contributed by atoms with van der Waals surface area (Å²) in [5.41, 5.74) is 0.961. The van der Waals surface area contributed by atoms with Crippen LogP contribution in [0.1, 0.15) is 37.8 Å². The van der Waals surface area contributed by atoms with Crippen LogP contribution >= 0.6 is 27.5 Å². The summed E-state index contributed by atoms with van der Waals surface area (Å²) in [6, 6.07) is 7.54. The zero-order valence-electron chi connectivity index (χ0n) is 9.88. The van der Waals surface area contributed by atoms with E-state index in [-0.39, 0.29) is 11.9 Å². The van der Waals surface area contributed by atoms with Crippen LogP contribution < -0.4 is 5.32 Å². The molecule has 0 saturated carbocycles. The van der Waals surface area contributed by atoms with E-state index in [1.807, 2.05) is 31.2 Å². The molecule has 1 N–H and O–H groups in total. The SMILES string of the molecule is C[C@@H](NC(=O)CCCCBr)c1ccccc1Cl. The number of hydrogen-bond acceptors (Lipinski definition) is 1. The Labute approximate surface area is 116 Å². The van der Waals surface area contributed by atoms with Crippen LogP contribution in [-0.4, -0.2) is 11.2 Å². The number of carbonyl (C=O) groups excluding carboxylic acids is 1. The maximum absolute atomic E-state index is 11.6. The fourth-order valence-corrected chi connectivity index (χ4v) is 2.29. The van der Waals surface area contributed by atoms with Gasteiger partial charge in [0, 0.05) is 16.8 Å². The van der Waals surface area contributed by atoms with Gasteiger partial charge in [-0.3, -0.25) is 4.79 Å². The van der Waals surface area contributed by atoms with Crippen molar-refractivity contribution in [1.29, 1.82) is 0 Å². The normalized spacial score (nSPS) is 12.2. The maximum atomic E-state index is 11.6. The Balaban J connectivity index is 2.46. The summed E-state index contributed by atoms with van der Waals surface area (Å²) >= 11 is 9.42. The second kappa shape index (κ2) is 7.72. The minimum atomic E-state index is -0.0415. The Hall–Kier alpha value is -0.540. The standard InChI is InChI=1S/C13H17BrClNO/c1-10(11-6-2-3-7-12(11)15)16-13(17)8-4-5-9-14/h2-3,6-7,10H,4-5,8-9H2,1H3,(H,16,17)/t10-/m1/s1. The predicted molar refractivity (Wildman–Crippen MR) is 75.7 cm³/mol. The number of unbranched alkanes of at least 4 members (excludes halogenated alkanes) is 1. The molecule has 1 amide bonds. The molecule has 0 aliphatic heterocycles. The second-order valence-corrected chi connectivity index (χ2v) is 5.16. The Morgan fingerprint density at radius 3 is 2.76 bits per heavy atom. The van der Waals surface area contributed by atoms with Gasteiger partial charge in [0.1, 0.15) is 0 Å². The van der Waals surface area contributed by atoms with E-state index < -0.39 is 0 Å². The highest BCUT2D eigenvalue weighted by Crippen LogP contribution is 2.22. The van der Waals surface area contributed by atoms with Gasteiger partial charge in [0.2, 0.25) is 5.91 Å². The summed E-state index contributed by atoms with van der Waals surface area (Å²) < 4.78 is 0. The molecule has 4 heteroatoms. The highest BCUT2D eigenvalue weighted by Gasteiger charge is 2.11. The van der Waals surface area contributed by atoms with Gasteiger partial charge in [-0.1, -0.05) is 45.7 Å². The molecule has 0 aromatic heterocycles. The summed E-state index contributed by atoms with van der Waals surface area (Å²) in [6.07, 6.45) is 2.50. The van der Waals surface area contributed by atoms with Gasteiger partial charge in [0.05, 0.1) is 6.04 Å². The molecule has 1 aromatic carbocycles. The lowest BCUT2D eigenvalue weighted by Gasteiger charge is -2.15. The smallest absolute Gasteiger partial charge is 0.220 e. The van der Waals surface area contributed by atoms with Crippen molar-refractivity contribution < 1.29 is 4.79 Å². The molecule has 0 spiro atoms. The molecule has 0 saturated heterocycles. The van der Waals surface area contributed by atoms with E-state index in [4.69, 9.17) is 11.6 Å². The Morgan fingerprint density at radius 2 is 2.12 bits per heavy atom. The van der Waals surface area contributed by atoms with Crippen LogP contribution in [0.4, 0.5) is 0 Å². The van der Waals surface area contributed by atoms with E-state index in [1.165, 1.54) is 0 Å². The summed E-state index contributed by atoms with van der Waals surface area (Å²) in [4.78, 5) is 11.6. The first-order valence-corrected chi connectivity index (χ1v) is 7.25. The average Bonchev–Trinajstić information content (AvgIpc) is 2.29. The van der Waals surface area contributed by atoms with E-state index >= 15 is 0 Å². The van der Waals surface area contributed by atoms with Gasteiger partial charge in [-0.05, 0) is 31.4 Å². The van der Waals surface area contributed by atoms with Crippen molar-refractivity contribution in [3.8, 4) is 0 Å². The minimum absolute atomic E-state index is 0.0415. The molecule has 1 rings (SSSR count). The third kappa shape index (κ3) is 5.09. The van der Waals surface area contributed by atoms with Crippen LogP contribution in [-0.2, 0) is 4.79 Å². The number of hydrogen-bond donors (Lipinski definition) is 1. The van der Waals surface area contributed by atoms with E-state index in [1.54, 1.807) is 0 Å². The topological polar surface area (TPSA) is 29.1 Å². The Kier molecular flexibility index (Phi) is 6.60. The fraction of sp³-hybridized carbons (Fsp3) is 0.462. The fourth-order valence-electron chi connectivity index (χ4n) is 1.60. The number of halogens is 2. The first-order valence-electron chi connectivity index (χ1n) is 5.75. The van der Waals surface area contributed by atoms with Gasteiger partial charge in [-0.2, -0.15) is 0 Å². The molecule has 0 aliphatic rings. The van der Waals surface area contributed by atoms with Crippen LogP contribution in [0.5, 0.6) is 0 Å². The zero-order valence-corrected chi connectivity index (χ0v) is 12.2. The van der Waals surface area contributed by atoms with E-state index in [0.29, 0.717) is 11.4 Å². The van der Waals surface area contributed by atoms with E-state index in [9.17, 15) is 4.79 Å². The number of nitrogens with one attached hydrogen (secondary N) is 1.